The highest BCUT2D eigenvalue weighted by Gasteiger charge is 2.37. The Hall–Kier alpha value is -1.10. The van der Waals surface area contributed by atoms with Crippen molar-refractivity contribution < 1.29 is 15.3 Å². The van der Waals surface area contributed by atoms with Gasteiger partial charge in [0.25, 0.3) is 0 Å². The Morgan fingerprint density at radius 2 is 1.96 bits per heavy atom. The molecule has 2 atom stereocenters. The van der Waals surface area contributed by atoms with Crippen LogP contribution in [0, 0.1) is 0 Å². The Bertz CT molecular complexity index is 527. The van der Waals surface area contributed by atoms with Crippen LogP contribution < -0.4 is 4.90 Å². The lowest BCUT2D eigenvalue weighted by molar-refractivity contribution is 0.0882. The summed E-state index contributed by atoms with van der Waals surface area (Å²) in [5, 5.41) is 28.6. The van der Waals surface area contributed by atoms with Gasteiger partial charge in [-0.1, -0.05) is 26.0 Å². The van der Waals surface area contributed by atoms with Gasteiger partial charge in [-0.25, -0.2) is 0 Å². The summed E-state index contributed by atoms with van der Waals surface area (Å²) in [6, 6.07) is 6.54. The van der Waals surface area contributed by atoms with Gasteiger partial charge in [-0.3, -0.25) is 0 Å². The lowest BCUT2D eigenvalue weighted by Gasteiger charge is -2.48. The summed E-state index contributed by atoms with van der Waals surface area (Å²) in [5.74, 6) is 0.600. The van der Waals surface area contributed by atoms with E-state index in [-0.39, 0.29) is 24.7 Å². The number of hydrogen-bond acceptors (Lipinski definition) is 4. The van der Waals surface area contributed by atoms with E-state index in [4.69, 9.17) is 5.11 Å². The molecule has 1 aliphatic heterocycles. The van der Waals surface area contributed by atoms with Gasteiger partial charge < -0.3 is 20.2 Å². The second-order valence-corrected chi connectivity index (χ2v) is 7.65. The molecule has 4 nitrogen and oxygen atoms in total. The Balaban J connectivity index is 2.41. The normalized spacial score (nSPS) is 21.4. The lowest BCUT2D eigenvalue weighted by Crippen LogP contribution is -2.50. The number of fused-ring (bicyclic) bond motifs is 1. The van der Waals surface area contributed by atoms with Crippen LogP contribution in [0.15, 0.2) is 18.2 Å². The molecule has 130 valence electrons. The summed E-state index contributed by atoms with van der Waals surface area (Å²) < 4.78 is 0. The van der Waals surface area contributed by atoms with Crippen molar-refractivity contribution in [3.05, 3.63) is 29.3 Å². The van der Waals surface area contributed by atoms with Crippen LogP contribution in [0.5, 0.6) is 0 Å². The van der Waals surface area contributed by atoms with Crippen LogP contribution >= 0.6 is 0 Å². The summed E-state index contributed by atoms with van der Waals surface area (Å²) in [4.78, 5) is 2.33. The van der Waals surface area contributed by atoms with Crippen molar-refractivity contribution in [2.45, 2.75) is 64.0 Å². The van der Waals surface area contributed by atoms with E-state index in [0.29, 0.717) is 18.9 Å². The molecule has 0 bridgehead atoms. The third-order valence-corrected chi connectivity index (χ3v) is 5.05. The van der Waals surface area contributed by atoms with Gasteiger partial charge in [0, 0.05) is 23.7 Å². The average Bonchev–Trinajstić information content (AvgIpc) is 2.51. The first-order valence-corrected chi connectivity index (χ1v) is 8.61. The summed E-state index contributed by atoms with van der Waals surface area (Å²) >= 11 is 0. The first-order valence-electron chi connectivity index (χ1n) is 8.61. The number of benzene rings is 1. The summed E-state index contributed by atoms with van der Waals surface area (Å²) in [7, 11) is 0. The molecule has 2 unspecified atom stereocenters. The van der Waals surface area contributed by atoms with E-state index in [1.807, 2.05) is 0 Å². The number of hydrogen-bond donors (Lipinski definition) is 3. The number of aliphatic hydroxyl groups excluding tert-OH is 3. The van der Waals surface area contributed by atoms with Crippen molar-refractivity contribution in [1.82, 2.24) is 0 Å². The van der Waals surface area contributed by atoms with Crippen molar-refractivity contribution in [2.24, 2.45) is 0 Å². The minimum absolute atomic E-state index is 0.0921. The average molecular weight is 321 g/mol. The molecule has 3 N–H and O–H groups in total. The number of nitrogens with zero attached hydrogens (tertiary/aromatic N) is 1. The lowest BCUT2D eigenvalue weighted by atomic mass is 9.78. The predicted molar refractivity (Wildman–Crippen MR) is 94.1 cm³/mol. The Kier molecular flexibility index (Phi) is 5.71. The highest BCUT2D eigenvalue weighted by molar-refractivity contribution is 5.61. The van der Waals surface area contributed by atoms with Crippen molar-refractivity contribution in [3.63, 3.8) is 0 Å². The van der Waals surface area contributed by atoms with Gasteiger partial charge in [0.05, 0.1) is 19.3 Å². The molecular weight excluding hydrogens is 290 g/mol. The van der Waals surface area contributed by atoms with E-state index in [1.165, 1.54) is 11.1 Å². The number of aliphatic hydroxyl groups is 3. The molecule has 0 radical (unpaired) electrons. The summed E-state index contributed by atoms with van der Waals surface area (Å²) in [6.07, 6.45) is 0.736. The molecule has 0 aromatic heterocycles. The first kappa shape index (κ1) is 18.2. The van der Waals surface area contributed by atoms with Crippen LogP contribution in [-0.2, 0) is 0 Å². The second-order valence-electron chi connectivity index (χ2n) is 7.65. The molecule has 2 rings (SSSR count). The fraction of sp³-hybridized carbons (Fsp3) is 0.684. The molecule has 1 heterocycles. The van der Waals surface area contributed by atoms with Crippen LogP contribution in [0.3, 0.4) is 0 Å². The molecule has 0 fully saturated rings. The molecule has 1 aromatic carbocycles. The van der Waals surface area contributed by atoms with Crippen molar-refractivity contribution >= 4 is 5.69 Å². The zero-order chi connectivity index (χ0) is 17.2. The quantitative estimate of drug-likeness (QED) is 0.754. The SMILES string of the molecule is CC(C)c1ccc2c(c1)N(CCC(O)CO)C(C)(C)CC2CO. The van der Waals surface area contributed by atoms with E-state index >= 15 is 0 Å². The number of rotatable bonds is 6. The maximum atomic E-state index is 9.80. The molecule has 0 saturated heterocycles. The number of anilines is 1. The molecule has 1 aromatic rings. The predicted octanol–water partition coefficient (Wildman–Crippen LogP) is 2.62. The van der Waals surface area contributed by atoms with E-state index in [9.17, 15) is 10.2 Å². The molecule has 0 amide bonds. The molecule has 0 aliphatic carbocycles. The zero-order valence-corrected chi connectivity index (χ0v) is 14.8. The third kappa shape index (κ3) is 3.87. The van der Waals surface area contributed by atoms with Crippen LogP contribution in [0.1, 0.15) is 63.5 Å². The molecule has 4 heteroatoms. The smallest absolute Gasteiger partial charge is 0.0787 e. The van der Waals surface area contributed by atoms with Gasteiger partial charge >= 0.3 is 0 Å². The highest BCUT2D eigenvalue weighted by atomic mass is 16.3. The minimum Gasteiger partial charge on any atom is -0.396 e. The van der Waals surface area contributed by atoms with Gasteiger partial charge in [-0.2, -0.15) is 0 Å². The molecular formula is C19H31NO3. The monoisotopic (exact) mass is 321 g/mol. The molecule has 23 heavy (non-hydrogen) atoms. The Morgan fingerprint density at radius 1 is 1.26 bits per heavy atom. The van der Waals surface area contributed by atoms with E-state index in [0.717, 1.165) is 12.1 Å². The van der Waals surface area contributed by atoms with Gasteiger partial charge in [0.15, 0.2) is 0 Å². The third-order valence-electron chi connectivity index (χ3n) is 5.05. The van der Waals surface area contributed by atoms with Gasteiger partial charge in [-0.15, -0.1) is 0 Å². The first-order chi connectivity index (χ1) is 10.8. The Labute approximate surface area is 139 Å². The molecule has 0 spiro atoms. The molecule has 1 aliphatic rings. The topological polar surface area (TPSA) is 63.9 Å². The van der Waals surface area contributed by atoms with Crippen molar-refractivity contribution in [3.8, 4) is 0 Å². The van der Waals surface area contributed by atoms with Crippen LogP contribution in [0.2, 0.25) is 0 Å². The van der Waals surface area contributed by atoms with Crippen LogP contribution in [0.25, 0.3) is 0 Å². The minimum atomic E-state index is -0.682. The van der Waals surface area contributed by atoms with Crippen LogP contribution in [0.4, 0.5) is 5.69 Å². The second kappa shape index (κ2) is 7.20. The summed E-state index contributed by atoms with van der Waals surface area (Å²) in [6.45, 7) is 9.38. The highest BCUT2D eigenvalue weighted by Crippen LogP contribution is 2.44. The standard InChI is InChI=1S/C19H31NO3/c1-13(2)14-5-6-17-15(11-21)10-19(3,4)20(18(17)9-14)8-7-16(23)12-22/h5-6,9,13,15-16,21-23H,7-8,10-12H2,1-4H3. The van der Waals surface area contributed by atoms with Crippen LogP contribution in [-0.4, -0.2) is 46.7 Å². The van der Waals surface area contributed by atoms with Gasteiger partial charge in [-0.05, 0) is 49.8 Å². The van der Waals surface area contributed by atoms with Crippen molar-refractivity contribution in [2.75, 3.05) is 24.7 Å². The maximum absolute atomic E-state index is 9.80. The van der Waals surface area contributed by atoms with Crippen molar-refractivity contribution in [1.29, 1.82) is 0 Å². The fourth-order valence-electron chi connectivity index (χ4n) is 3.60. The molecule has 0 saturated carbocycles. The van der Waals surface area contributed by atoms with Gasteiger partial charge in [0.1, 0.15) is 0 Å². The van der Waals surface area contributed by atoms with E-state index in [1.54, 1.807) is 0 Å². The summed E-state index contributed by atoms with van der Waals surface area (Å²) in [5.41, 5.74) is 3.54. The largest absolute Gasteiger partial charge is 0.396 e. The van der Waals surface area contributed by atoms with E-state index in [2.05, 4.69) is 50.8 Å². The van der Waals surface area contributed by atoms with Gasteiger partial charge in [0.2, 0.25) is 0 Å². The maximum Gasteiger partial charge on any atom is 0.0787 e. The Morgan fingerprint density at radius 3 is 2.52 bits per heavy atom. The van der Waals surface area contributed by atoms with E-state index < -0.39 is 6.10 Å². The zero-order valence-electron chi connectivity index (χ0n) is 14.8. The fourth-order valence-corrected chi connectivity index (χ4v) is 3.60.